The van der Waals surface area contributed by atoms with E-state index in [1.165, 1.54) is 6.20 Å². The Balaban J connectivity index is 2.06. The lowest BCUT2D eigenvalue weighted by Crippen LogP contribution is -2.24. The van der Waals surface area contributed by atoms with Gasteiger partial charge in [0.25, 0.3) is 0 Å². The van der Waals surface area contributed by atoms with Gasteiger partial charge in [0.2, 0.25) is 0 Å². The average molecular weight is 373 g/mol. The summed E-state index contributed by atoms with van der Waals surface area (Å²) in [7, 11) is 0. The highest BCUT2D eigenvalue weighted by molar-refractivity contribution is 9.10. The average Bonchev–Trinajstić information content (AvgIpc) is 2.37. The Hall–Kier alpha value is -0.0800. The van der Waals surface area contributed by atoms with Gasteiger partial charge in [-0.3, -0.25) is 0 Å². The van der Waals surface area contributed by atoms with E-state index in [0.717, 1.165) is 23.3 Å². The number of thioether (sulfide) groups is 2. The molecule has 0 bridgehead atoms. The number of anilines is 1. The minimum absolute atomic E-state index is 0.0909. The van der Waals surface area contributed by atoms with Crippen molar-refractivity contribution in [1.82, 2.24) is 4.98 Å². The number of hydrogen-bond acceptors (Lipinski definition) is 4. The third kappa shape index (κ3) is 4.46. The summed E-state index contributed by atoms with van der Waals surface area (Å²) in [5.74, 6) is 3.05. The van der Waals surface area contributed by atoms with Crippen molar-refractivity contribution in [3.63, 3.8) is 0 Å². The van der Waals surface area contributed by atoms with E-state index in [9.17, 15) is 13.2 Å². The number of aromatic nitrogens is 1. The summed E-state index contributed by atoms with van der Waals surface area (Å²) >= 11 is 6.66. The fourth-order valence-corrected chi connectivity index (χ4v) is 4.60. The zero-order valence-electron chi connectivity index (χ0n) is 9.84. The summed E-state index contributed by atoms with van der Waals surface area (Å²) in [6.45, 7) is 0.509. The van der Waals surface area contributed by atoms with Crippen LogP contribution in [0.25, 0.3) is 0 Å². The van der Waals surface area contributed by atoms with Crippen molar-refractivity contribution in [2.45, 2.75) is 11.4 Å². The molecule has 0 radical (unpaired) electrons. The lowest BCUT2D eigenvalue weighted by atomic mass is 10.2. The Kier molecular flexibility index (Phi) is 5.30. The molecule has 1 fully saturated rings. The highest BCUT2D eigenvalue weighted by atomic mass is 79.9. The molecule has 106 valence electrons. The molecule has 1 atom stereocenters. The van der Waals surface area contributed by atoms with Gasteiger partial charge in [-0.15, -0.1) is 0 Å². The molecule has 0 aliphatic carbocycles. The summed E-state index contributed by atoms with van der Waals surface area (Å²) in [4.78, 5) is 3.84. The largest absolute Gasteiger partial charge is 0.419 e. The van der Waals surface area contributed by atoms with Crippen molar-refractivity contribution < 1.29 is 13.2 Å². The first-order chi connectivity index (χ1) is 8.97. The maximum atomic E-state index is 12.9. The highest BCUT2D eigenvalue weighted by Crippen LogP contribution is 2.35. The topological polar surface area (TPSA) is 24.9 Å². The summed E-state index contributed by atoms with van der Waals surface area (Å²) < 4.78 is 39.0. The number of alkyl halides is 3. The van der Waals surface area contributed by atoms with Crippen LogP contribution < -0.4 is 5.32 Å². The molecular formula is C11H12BrF3N2S2. The van der Waals surface area contributed by atoms with Crippen LogP contribution in [-0.4, -0.2) is 34.0 Å². The zero-order chi connectivity index (χ0) is 13.9. The second-order valence-electron chi connectivity index (χ2n) is 4.00. The van der Waals surface area contributed by atoms with Crippen LogP contribution >= 0.6 is 39.5 Å². The van der Waals surface area contributed by atoms with Gasteiger partial charge in [-0.2, -0.15) is 36.7 Å². The van der Waals surface area contributed by atoms with E-state index >= 15 is 0 Å². The van der Waals surface area contributed by atoms with Gasteiger partial charge in [0.1, 0.15) is 5.82 Å². The second kappa shape index (κ2) is 6.58. The molecule has 2 nitrogen and oxygen atoms in total. The van der Waals surface area contributed by atoms with Crippen molar-refractivity contribution >= 4 is 45.3 Å². The molecule has 19 heavy (non-hydrogen) atoms. The Morgan fingerprint density at radius 3 is 2.84 bits per heavy atom. The number of nitrogens with one attached hydrogen (secondary N) is 1. The molecule has 2 rings (SSSR count). The minimum atomic E-state index is -4.40. The number of pyridine rings is 1. The number of hydrogen-bond donors (Lipinski definition) is 1. The van der Waals surface area contributed by atoms with Crippen LogP contribution in [0, 0.1) is 0 Å². The number of halogens is 4. The Bertz CT molecular complexity index is 436. The summed E-state index contributed by atoms with van der Waals surface area (Å²) in [6, 6.07) is 1.05. The lowest BCUT2D eigenvalue weighted by molar-refractivity contribution is -0.137. The Labute approximate surface area is 126 Å². The van der Waals surface area contributed by atoms with Crippen LogP contribution in [0.2, 0.25) is 0 Å². The van der Waals surface area contributed by atoms with Crippen molar-refractivity contribution in [3.05, 3.63) is 22.3 Å². The molecule has 1 N–H and O–H groups in total. The number of rotatable bonds is 3. The summed E-state index contributed by atoms with van der Waals surface area (Å²) in [5.41, 5.74) is -0.727. The van der Waals surface area contributed by atoms with Crippen LogP contribution in [0.3, 0.4) is 0 Å². The van der Waals surface area contributed by atoms with E-state index in [2.05, 4.69) is 26.2 Å². The number of nitrogens with zero attached hydrogens (tertiary/aromatic N) is 1. The molecule has 2 heterocycles. The van der Waals surface area contributed by atoms with Crippen molar-refractivity contribution in [3.8, 4) is 0 Å². The van der Waals surface area contributed by atoms with E-state index in [1.807, 2.05) is 11.8 Å². The molecule has 1 saturated heterocycles. The van der Waals surface area contributed by atoms with Gasteiger partial charge in [0.15, 0.2) is 0 Å². The summed E-state index contributed by atoms with van der Waals surface area (Å²) in [6.07, 6.45) is -3.02. The van der Waals surface area contributed by atoms with Crippen molar-refractivity contribution in [2.75, 3.05) is 29.1 Å². The molecule has 0 saturated carbocycles. The monoisotopic (exact) mass is 372 g/mol. The molecule has 1 aliphatic rings. The first-order valence-corrected chi connectivity index (χ1v) is 8.62. The maximum absolute atomic E-state index is 12.9. The molecular weight excluding hydrogens is 361 g/mol. The Morgan fingerprint density at radius 1 is 1.42 bits per heavy atom. The fraction of sp³-hybridized carbons (Fsp3) is 0.545. The van der Waals surface area contributed by atoms with Gasteiger partial charge < -0.3 is 5.32 Å². The predicted molar refractivity (Wildman–Crippen MR) is 79.0 cm³/mol. The maximum Gasteiger partial charge on any atom is 0.419 e. The van der Waals surface area contributed by atoms with Crippen LogP contribution in [0.5, 0.6) is 0 Å². The highest BCUT2D eigenvalue weighted by Gasteiger charge is 2.34. The third-order valence-corrected chi connectivity index (χ3v) is 5.82. The lowest BCUT2D eigenvalue weighted by Gasteiger charge is -2.22. The van der Waals surface area contributed by atoms with Crippen LogP contribution in [0.15, 0.2) is 16.7 Å². The quantitative estimate of drug-likeness (QED) is 0.862. The van der Waals surface area contributed by atoms with Gasteiger partial charge in [0, 0.05) is 39.7 Å². The zero-order valence-corrected chi connectivity index (χ0v) is 13.1. The molecule has 0 aromatic carbocycles. The molecule has 1 unspecified atom stereocenters. The third-order valence-electron chi connectivity index (χ3n) is 2.54. The fourth-order valence-electron chi connectivity index (χ4n) is 1.66. The molecule has 1 aromatic heterocycles. The van der Waals surface area contributed by atoms with Crippen molar-refractivity contribution in [1.29, 1.82) is 0 Å². The Morgan fingerprint density at radius 2 is 2.21 bits per heavy atom. The van der Waals surface area contributed by atoms with Gasteiger partial charge in [-0.25, -0.2) is 4.98 Å². The second-order valence-corrected chi connectivity index (χ2v) is 7.47. The summed E-state index contributed by atoms with van der Waals surface area (Å²) in [5, 5.41) is 3.17. The molecule has 8 heteroatoms. The van der Waals surface area contributed by atoms with E-state index in [1.54, 1.807) is 11.8 Å². The van der Waals surface area contributed by atoms with E-state index in [0.29, 0.717) is 16.3 Å². The predicted octanol–water partition coefficient (Wildman–Crippen LogP) is 4.12. The normalized spacial score (nSPS) is 20.3. The van der Waals surface area contributed by atoms with E-state index < -0.39 is 11.7 Å². The standard InChI is InChI=1S/C11H12BrF3N2S2/c12-7-3-9(11(13,14)15)10(16-4-7)17-5-8-6-18-1-2-19-8/h3-4,8H,1-2,5-6H2,(H,16,17). The van der Waals surface area contributed by atoms with Crippen LogP contribution in [0.4, 0.5) is 19.0 Å². The molecule has 0 amide bonds. The van der Waals surface area contributed by atoms with Crippen LogP contribution in [-0.2, 0) is 6.18 Å². The van der Waals surface area contributed by atoms with Gasteiger partial charge in [0.05, 0.1) is 5.56 Å². The van der Waals surface area contributed by atoms with Gasteiger partial charge >= 0.3 is 6.18 Å². The molecule has 1 aliphatic heterocycles. The van der Waals surface area contributed by atoms with E-state index in [-0.39, 0.29) is 5.82 Å². The molecule has 0 spiro atoms. The van der Waals surface area contributed by atoms with E-state index in [4.69, 9.17) is 0 Å². The first kappa shape index (κ1) is 15.3. The van der Waals surface area contributed by atoms with Gasteiger partial charge in [-0.05, 0) is 22.0 Å². The SMILES string of the molecule is FC(F)(F)c1cc(Br)cnc1NCC1CSCCS1. The first-order valence-electron chi connectivity index (χ1n) is 5.63. The smallest absolute Gasteiger partial charge is 0.368 e. The van der Waals surface area contributed by atoms with Crippen molar-refractivity contribution in [2.24, 2.45) is 0 Å². The van der Waals surface area contributed by atoms with Gasteiger partial charge in [-0.1, -0.05) is 0 Å². The molecule has 1 aromatic rings. The minimum Gasteiger partial charge on any atom is -0.368 e. The van der Waals surface area contributed by atoms with Crippen LogP contribution in [0.1, 0.15) is 5.56 Å².